The summed E-state index contributed by atoms with van der Waals surface area (Å²) in [5.41, 5.74) is 0. The second-order valence-electron chi connectivity index (χ2n) is 4.06. The Morgan fingerprint density at radius 2 is 2.27 bits per heavy atom. The second-order valence-corrected chi connectivity index (χ2v) is 4.06. The van der Waals surface area contributed by atoms with Crippen molar-refractivity contribution >= 4 is 11.9 Å². The molecule has 1 aliphatic rings. The molecule has 1 aliphatic heterocycles. The maximum atomic E-state index is 11.6. The van der Waals surface area contributed by atoms with Gasteiger partial charge in [0.05, 0.1) is 0 Å². The average molecular weight is 214 g/mol. The molecule has 0 aromatic carbocycles. The first-order chi connectivity index (χ1) is 7.09. The Labute approximate surface area is 89.4 Å². The van der Waals surface area contributed by atoms with Crippen LogP contribution in [-0.4, -0.2) is 48.6 Å². The number of hydrogen-bond acceptors (Lipinski definition) is 3. The van der Waals surface area contributed by atoms with E-state index in [4.69, 9.17) is 5.11 Å². The van der Waals surface area contributed by atoms with Crippen molar-refractivity contribution in [2.45, 2.75) is 19.3 Å². The number of carbonyl (C=O) groups is 2. The van der Waals surface area contributed by atoms with Crippen LogP contribution in [0.25, 0.3) is 0 Å². The molecule has 1 amide bonds. The van der Waals surface area contributed by atoms with E-state index in [1.54, 1.807) is 0 Å². The first-order valence-corrected chi connectivity index (χ1v) is 5.26. The lowest BCUT2D eigenvalue weighted by molar-refractivity contribution is -0.143. The molecule has 0 aliphatic carbocycles. The number of aliphatic carboxylic acids is 1. The van der Waals surface area contributed by atoms with Crippen LogP contribution < -0.4 is 5.32 Å². The number of nitrogens with one attached hydrogen (secondary N) is 1. The highest BCUT2D eigenvalue weighted by Crippen LogP contribution is 2.14. The summed E-state index contributed by atoms with van der Waals surface area (Å²) >= 11 is 0. The minimum Gasteiger partial charge on any atom is -0.480 e. The minimum absolute atomic E-state index is 0.0777. The fraction of sp³-hybridized carbons (Fsp3) is 0.800. The molecule has 0 spiro atoms. The lowest BCUT2D eigenvalue weighted by Crippen LogP contribution is -2.37. The van der Waals surface area contributed by atoms with Gasteiger partial charge in [-0.1, -0.05) is 0 Å². The molecule has 0 radical (unpaired) electrons. The van der Waals surface area contributed by atoms with Crippen molar-refractivity contribution in [2.24, 2.45) is 5.92 Å². The third-order valence-corrected chi connectivity index (χ3v) is 2.66. The fourth-order valence-corrected chi connectivity index (χ4v) is 1.79. The van der Waals surface area contributed by atoms with Gasteiger partial charge in [0.2, 0.25) is 5.91 Å². The molecule has 0 saturated carbocycles. The van der Waals surface area contributed by atoms with Gasteiger partial charge in [0.25, 0.3) is 0 Å². The maximum Gasteiger partial charge on any atom is 0.323 e. The maximum absolute atomic E-state index is 11.6. The van der Waals surface area contributed by atoms with Crippen LogP contribution in [0.4, 0.5) is 0 Å². The quantitative estimate of drug-likeness (QED) is 0.686. The van der Waals surface area contributed by atoms with Crippen LogP contribution in [0.2, 0.25) is 0 Å². The smallest absolute Gasteiger partial charge is 0.323 e. The molecule has 1 saturated heterocycles. The van der Waals surface area contributed by atoms with Crippen LogP contribution in [0, 0.1) is 5.92 Å². The molecule has 1 unspecified atom stereocenters. The largest absolute Gasteiger partial charge is 0.480 e. The van der Waals surface area contributed by atoms with Crippen molar-refractivity contribution in [1.29, 1.82) is 0 Å². The van der Waals surface area contributed by atoms with E-state index < -0.39 is 5.97 Å². The molecule has 2 N–H and O–H groups in total. The van der Waals surface area contributed by atoms with Crippen LogP contribution in [-0.2, 0) is 9.59 Å². The Bertz CT molecular complexity index is 237. The molecule has 0 bridgehead atoms. The van der Waals surface area contributed by atoms with E-state index in [1.165, 1.54) is 11.9 Å². The molecule has 86 valence electrons. The average Bonchev–Trinajstić information content (AvgIpc) is 2.18. The summed E-state index contributed by atoms with van der Waals surface area (Å²) < 4.78 is 0. The number of carboxylic acids is 1. The summed E-state index contributed by atoms with van der Waals surface area (Å²) in [6.45, 7) is 1.68. The third kappa shape index (κ3) is 4.29. The Kier molecular flexibility index (Phi) is 4.55. The van der Waals surface area contributed by atoms with Gasteiger partial charge in [0, 0.05) is 13.5 Å². The van der Waals surface area contributed by atoms with Crippen LogP contribution in [0.1, 0.15) is 19.3 Å². The van der Waals surface area contributed by atoms with E-state index in [2.05, 4.69) is 5.32 Å². The molecule has 1 fully saturated rings. The zero-order chi connectivity index (χ0) is 11.3. The first kappa shape index (κ1) is 12.0. The van der Waals surface area contributed by atoms with Crippen molar-refractivity contribution in [3.63, 3.8) is 0 Å². The summed E-state index contributed by atoms with van der Waals surface area (Å²) in [6, 6.07) is 0. The van der Waals surface area contributed by atoms with E-state index in [-0.39, 0.29) is 12.5 Å². The van der Waals surface area contributed by atoms with Gasteiger partial charge in [0.15, 0.2) is 0 Å². The van der Waals surface area contributed by atoms with Crippen molar-refractivity contribution in [3.8, 4) is 0 Å². The Balaban J connectivity index is 2.30. The number of piperidine rings is 1. The summed E-state index contributed by atoms with van der Waals surface area (Å²) in [6.07, 6.45) is 2.61. The SMILES string of the molecule is CN(CC(=O)O)C(=O)CC1CCCNC1. The van der Waals surface area contributed by atoms with Crippen LogP contribution in [0.5, 0.6) is 0 Å². The van der Waals surface area contributed by atoms with Gasteiger partial charge in [-0.2, -0.15) is 0 Å². The van der Waals surface area contributed by atoms with E-state index >= 15 is 0 Å². The zero-order valence-electron chi connectivity index (χ0n) is 9.03. The van der Waals surface area contributed by atoms with Crippen molar-refractivity contribution in [3.05, 3.63) is 0 Å². The number of carboxylic acid groups (broad SMARTS) is 1. The number of carbonyl (C=O) groups excluding carboxylic acids is 1. The van der Waals surface area contributed by atoms with Gasteiger partial charge in [-0.25, -0.2) is 0 Å². The number of nitrogens with zero attached hydrogens (tertiary/aromatic N) is 1. The molecule has 0 aromatic rings. The monoisotopic (exact) mass is 214 g/mol. The van der Waals surface area contributed by atoms with Crippen molar-refractivity contribution < 1.29 is 14.7 Å². The van der Waals surface area contributed by atoms with Gasteiger partial charge in [-0.15, -0.1) is 0 Å². The molecule has 1 heterocycles. The van der Waals surface area contributed by atoms with Crippen molar-refractivity contribution in [2.75, 3.05) is 26.7 Å². The Hall–Kier alpha value is -1.10. The number of likely N-dealkylation sites (N-methyl/N-ethyl adjacent to an activating group) is 1. The highest BCUT2D eigenvalue weighted by atomic mass is 16.4. The predicted octanol–water partition coefficient (Wildman–Crippen LogP) is -0.0809. The molecule has 0 aromatic heterocycles. The number of amides is 1. The van der Waals surface area contributed by atoms with Gasteiger partial charge >= 0.3 is 5.97 Å². The number of rotatable bonds is 4. The van der Waals surface area contributed by atoms with Crippen molar-refractivity contribution in [1.82, 2.24) is 10.2 Å². The van der Waals surface area contributed by atoms with Gasteiger partial charge in [-0.3, -0.25) is 9.59 Å². The lowest BCUT2D eigenvalue weighted by atomic mass is 9.96. The lowest BCUT2D eigenvalue weighted by Gasteiger charge is -2.24. The molecule has 5 nitrogen and oxygen atoms in total. The molecular weight excluding hydrogens is 196 g/mol. The van der Waals surface area contributed by atoms with E-state index in [9.17, 15) is 9.59 Å². The molecule has 15 heavy (non-hydrogen) atoms. The molecule has 1 rings (SSSR count). The second kappa shape index (κ2) is 5.70. The standard InChI is InChI=1S/C10H18N2O3/c1-12(7-10(14)15)9(13)5-8-3-2-4-11-6-8/h8,11H,2-7H2,1H3,(H,14,15). The van der Waals surface area contributed by atoms with Gasteiger partial charge in [-0.05, 0) is 31.8 Å². The summed E-state index contributed by atoms with van der Waals surface area (Å²) in [5.74, 6) is -0.679. The van der Waals surface area contributed by atoms with Crippen LogP contribution in [0.3, 0.4) is 0 Å². The third-order valence-electron chi connectivity index (χ3n) is 2.66. The van der Waals surface area contributed by atoms with E-state index in [1.807, 2.05) is 0 Å². The molecule has 5 heteroatoms. The number of hydrogen-bond donors (Lipinski definition) is 2. The molecule has 1 atom stereocenters. The van der Waals surface area contributed by atoms with Gasteiger partial charge < -0.3 is 15.3 Å². The first-order valence-electron chi connectivity index (χ1n) is 5.26. The summed E-state index contributed by atoms with van der Waals surface area (Å²) in [4.78, 5) is 23.3. The highest BCUT2D eigenvalue weighted by molar-refractivity contribution is 5.81. The predicted molar refractivity (Wildman–Crippen MR) is 55.5 cm³/mol. The van der Waals surface area contributed by atoms with Crippen LogP contribution >= 0.6 is 0 Å². The van der Waals surface area contributed by atoms with E-state index in [0.717, 1.165) is 25.9 Å². The van der Waals surface area contributed by atoms with Crippen LogP contribution in [0.15, 0.2) is 0 Å². The zero-order valence-corrected chi connectivity index (χ0v) is 9.03. The highest BCUT2D eigenvalue weighted by Gasteiger charge is 2.19. The van der Waals surface area contributed by atoms with E-state index in [0.29, 0.717) is 12.3 Å². The Morgan fingerprint density at radius 1 is 1.53 bits per heavy atom. The fourth-order valence-electron chi connectivity index (χ4n) is 1.79. The topological polar surface area (TPSA) is 69.6 Å². The molecular formula is C10H18N2O3. The summed E-state index contributed by atoms with van der Waals surface area (Å²) in [5, 5.41) is 11.8. The van der Waals surface area contributed by atoms with Gasteiger partial charge in [0.1, 0.15) is 6.54 Å². The normalized spacial score (nSPS) is 21.0. The Morgan fingerprint density at radius 3 is 2.80 bits per heavy atom. The minimum atomic E-state index is -0.965. The summed E-state index contributed by atoms with van der Waals surface area (Å²) in [7, 11) is 1.53.